The molecule has 106 valence electrons. The van der Waals surface area contributed by atoms with Crippen LogP contribution in [0.1, 0.15) is 24.9 Å². The molecule has 19 heavy (non-hydrogen) atoms. The zero-order valence-corrected chi connectivity index (χ0v) is 12.5. The molecule has 1 saturated heterocycles. The van der Waals surface area contributed by atoms with Gasteiger partial charge in [-0.1, -0.05) is 19.1 Å². The maximum absolute atomic E-state index is 13.1. The maximum atomic E-state index is 13.1. The fraction of sp³-hybridized carbons (Fsp3) is 0.600. The van der Waals surface area contributed by atoms with E-state index in [0.29, 0.717) is 12.1 Å². The molecular weight excluding hydrogens is 259 g/mol. The van der Waals surface area contributed by atoms with E-state index in [2.05, 4.69) is 24.2 Å². The van der Waals surface area contributed by atoms with Gasteiger partial charge in [0, 0.05) is 30.1 Å². The third kappa shape index (κ3) is 3.94. The van der Waals surface area contributed by atoms with Gasteiger partial charge >= 0.3 is 0 Å². The molecule has 1 aliphatic rings. The molecule has 0 aromatic heterocycles. The van der Waals surface area contributed by atoms with Crippen molar-refractivity contribution in [1.82, 2.24) is 10.2 Å². The number of benzene rings is 1. The quantitative estimate of drug-likeness (QED) is 0.894. The number of likely N-dealkylation sites (N-methyl/N-ethyl adjacent to an activating group) is 1. The Morgan fingerprint density at radius 3 is 2.79 bits per heavy atom. The summed E-state index contributed by atoms with van der Waals surface area (Å²) in [6, 6.07) is 7.72. The van der Waals surface area contributed by atoms with Gasteiger partial charge in [0.25, 0.3) is 0 Å². The Morgan fingerprint density at radius 2 is 2.16 bits per heavy atom. The molecule has 0 radical (unpaired) electrons. The van der Waals surface area contributed by atoms with E-state index in [9.17, 15) is 4.39 Å². The summed E-state index contributed by atoms with van der Waals surface area (Å²) in [5.41, 5.74) is 1.19. The van der Waals surface area contributed by atoms with Gasteiger partial charge in [-0.3, -0.25) is 4.90 Å². The van der Waals surface area contributed by atoms with E-state index in [-0.39, 0.29) is 5.82 Å². The van der Waals surface area contributed by atoms with Crippen molar-refractivity contribution in [2.45, 2.75) is 25.4 Å². The number of hydrogen-bond acceptors (Lipinski definition) is 3. The SMILES string of the molecule is CCCNC(c1ccc(F)cc1)C1CSCCN1C. The van der Waals surface area contributed by atoms with Crippen molar-refractivity contribution in [3.63, 3.8) is 0 Å². The van der Waals surface area contributed by atoms with Crippen LogP contribution >= 0.6 is 11.8 Å². The molecule has 1 heterocycles. The van der Waals surface area contributed by atoms with Crippen LogP contribution < -0.4 is 5.32 Å². The molecule has 1 aromatic rings. The summed E-state index contributed by atoms with van der Waals surface area (Å²) in [7, 11) is 2.19. The van der Waals surface area contributed by atoms with Crippen molar-refractivity contribution in [2.75, 3.05) is 31.6 Å². The van der Waals surface area contributed by atoms with E-state index in [1.165, 1.54) is 11.3 Å². The van der Waals surface area contributed by atoms with E-state index in [4.69, 9.17) is 0 Å². The first-order valence-corrected chi connectivity index (χ1v) is 8.14. The molecular formula is C15H23FN2S. The van der Waals surface area contributed by atoms with E-state index in [1.54, 1.807) is 12.1 Å². The fourth-order valence-electron chi connectivity index (χ4n) is 2.50. The topological polar surface area (TPSA) is 15.3 Å². The first kappa shape index (κ1) is 14.8. The summed E-state index contributed by atoms with van der Waals surface area (Å²) in [4.78, 5) is 2.42. The van der Waals surface area contributed by atoms with Gasteiger partial charge in [-0.05, 0) is 37.7 Å². The molecule has 0 amide bonds. The smallest absolute Gasteiger partial charge is 0.123 e. The lowest BCUT2D eigenvalue weighted by Crippen LogP contribution is -2.48. The lowest BCUT2D eigenvalue weighted by atomic mass is 9.99. The van der Waals surface area contributed by atoms with Gasteiger partial charge < -0.3 is 5.32 Å². The first-order chi connectivity index (χ1) is 9.22. The fourth-order valence-corrected chi connectivity index (χ4v) is 3.77. The summed E-state index contributed by atoms with van der Waals surface area (Å²) in [5, 5.41) is 3.63. The Labute approximate surface area is 119 Å². The first-order valence-electron chi connectivity index (χ1n) is 6.99. The lowest BCUT2D eigenvalue weighted by molar-refractivity contribution is 0.215. The van der Waals surface area contributed by atoms with Crippen molar-refractivity contribution in [2.24, 2.45) is 0 Å². The van der Waals surface area contributed by atoms with E-state index >= 15 is 0 Å². The molecule has 2 unspecified atom stereocenters. The number of nitrogens with zero attached hydrogens (tertiary/aromatic N) is 1. The second-order valence-electron chi connectivity index (χ2n) is 5.11. The second kappa shape index (κ2) is 7.27. The monoisotopic (exact) mass is 282 g/mol. The zero-order chi connectivity index (χ0) is 13.7. The van der Waals surface area contributed by atoms with Crippen molar-refractivity contribution < 1.29 is 4.39 Å². The minimum Gasteiger partial charge on any atom is -0.309 e. The summed E-state index contributed by atoms with van der Waals surface area (Å²) < 4.78 is 13.1. The molecule has 0 bridgehead atoms. The third-order valence-electron chi connectivity index (χ3n) is 3.67. The van der Waals surface area contributed by atoms with Gasteiger partial charge in [0.2, 0.25) is 0 Å². The van der Waals surface area contributed by atoms with Crippen LogP contribution in [0, 0.1) is 5.82 Å². The van der Waals surface area contributed by atoms with Crippen LogP contribution in [0.5, 0.6) is 0 Å². The van der Waals surface area contributed by atoms with Crippen LogP contribution in [0.2, 0.25) is 0 Å². The molecule has 2 atom stereocenters. The Hall–Kier alpha value is -0.580. The van der Waals surface area contributed by atoms with Crippen LogP contribution in [0.25, 0.3) is 0 Å². The average molecular weight is 282 g/mol. The number of thioether (sulfide) groups is 1. The minimum atomic E-state index is -0.163. The highest BCUT2D eigenvalue weighted by Gasteiger charge is 2.28. The number of hydrogen-bond donors (Lipinski definition) is 1. The van der Waals surface area contributed by atoms with Crippen LogP contribution in [-0.2, 0) is 0 Å². The highest BCUT2D eigenvalue weighted by atomic mass is 32.2. The second-order valence-corrected chi connectivity index (χ2v) is 6.26. The molecule has 0 spiro atoms. The predicted octanol–water partition coefficient (Wildman–Crippen LogP) is 2.91. The Kier molecular flexibility index (Phi) is 5.67. The molecule has 1 aromatic carbocycles. The van der Waals surface area contributed by atoms with Gasteiger partial charge in [0.15, 0.2) is 0 Å². The highest BCUT2D eigenvalue weighted by molar-refractivity contribution is 7.99. The molecule has 0 aliphatic carbocycles. The van der Waals surface area contributed by atoms with Crippen molar-refractivity contribution in [3.05, 3.63) is 35.6 Å². The molecule has 1 aliphatic heterocycles. The number of rotatable bonds is 5. The summed E-state index contributed by atoms with van der Waals surface area (Å²) in [6.45, 7) is 4.30. The predicted molar refractivity (Wildman–Crippen MR) is 81.2 cm³/mol. The summed E-state index contributed by atoms with van der Waals surface area (Å²) >= 11 is 2.01. The normalized spacial score (nSPS) is 22.4. The van der Waals surface area contributed by atoms with E-state index in [0.717, 1.165) is 25.3 Å². The molecule has 2 nitrogen and oxygen atoms in total. The molecule has 0 saturated carbocycles. The zero-order valence-electron chi connectivity index (χ0n) is 11.7. The van der Waals surface area contributed by atoms with Crippen molar-refractivity contribution in [3.8, 4) is 0 Å². The number of nitrogens with one attached hydrogen (secondary N) is 1. The third-order valence-corrected chi connectivity index (χ3v) is 4.72. The molecule has 4 heteroatoms. The van der Waals surface area contributed by atoms with Crippen LogP contribution in [-0.4, -0.2) is 42.6 Å². The van der Waals surface area contributed by atoms with Gasteiger partial charge in [0.05, 0.1) is 0 Å². The van der Waals surface area contributed by atoms with E-state index in [1.807, 2.05) is 23.9 Å². The maximum Gasteiger partial charge on any atom is 0.123 e. The number of halogens is 1. The Balaban J connectivity index is 2.16. The Morgan fingerprint density at radius 1 is 1.42 bits per heavy atom. The summed E-state index contributed by atoms with van der Waals surface area (Å²) in [5.74, 6) is 2.18. The Bertz CT molecular complexity index is 382. The van der Waals surface area contributed by atoms with Gasteiger partial charge in [-0.25, -0.2) is 4.39 Å². The van der Waals surface area contributed by atoms with Gasteiger partial charge in [-0.2, -0.15) is 11.8 Å². The van der Waals surface area contributed by atoms with Crippen molar-refractivity contribution in [1.29, 1.82) is 0 Å². The van der Waals surface area contributed by atoms with Gasteiger partial charge in [-0.15, -0.1) is 0 Å². The highest BCUT2D eigenvalue weighted by Crippen LogP contribution is 2.27. The minimum absolute atomic E-state index is 0.163. The van der Waals surface area contributed by atoms with Gasteiger partial charge in [0.1, 0.15) is 5.82 Å². The van der Waals surface area contributed by atoms with Crippen LogP contribution in [0.15, 0.2) is 24.3 Å². The molecule has 1 N–H and O–H groups in total. The van der Waals surface area contributed by atoms with Crippen LogP contribution in [0.4, 0.5) is 4.39 Å². The van der Waals surface area contributed by atoms with E-state index < -0.39 is 0 Å². The lowest BCUT2D eigenvalue weighted by Gasteiger charge is -2.38. The largest absolute Gasteiger partial charge is 0.309 e. The average Bonchev–Trinajstić information content (AvgIpc) is 2.43. The van der Waals surface area contributed by atoms with Crippen molar-refractivity contribution >= 4 is 11.8 Å². The molecule has 1 fully saturated rings. The molecule has 2 rings (SSSR count). The summed E-state index contributed by atoms with van der Waals surface area (Å²) in [6.07, 6.45) is 1.11. The standard InChI is InChI=1S/C15H23FN2S/c1-3-8-17-15(12-4-6-13(16)7-5-12)14-11-19-10-9-18(14)2/h4-7,14-15,17H,3,8-11H2,1-2H3. The van der Waals surface area contributed by atoms with Crippen LogP contribution in [0.3, 0.4) is 0 Å².